The number of nitrogens with one attached hydrogen (secondary N) is 2. The van der Waals surface area contributed by atoms with Crippen LogP contribution >= 0.6 is 11.9 Å². The number of hydroxylamine groups is 2. The minimum Gasteiger partial charge on any atom is -0.579 e. The van der Waals surface area contributed by atoms with Crippen molar-refractivity contribution in [3.63, 3.8) is 0 Å². The number of halogens is 3. The van der Waals surface area contributed by atoms with Crippen molar-refractivity contribution in [2.45, 2.75) is 56.2 Å². The van der Waals surface area contributed by atoms with Crippen LogP contribution < -0.4 is 15.4 Å². The zero-order valence-electron chi connectivity index (χ0n) is 23.8. The summed E-state index contributed by atoms with van der Waals surface area (Å²) < 4.78 is 50.1. The molecule has 2 aromatic carbocycles. The first-order valence-electron chi connectivity index (χ1n) is 13.5. The number of alkyl halides is 2. The van der Waals surface area contributed by atoms with Gasteiger partial charge in [0.1, 0.15) is 46.1 Å². The molecule has 12 nitrogen and oxygen atoms in total. The zero-order chi connectivity index (χ0) is 32.7. The number of benzene rings is 2. The van der Waals surface area contributed by atoms with E-state index in [0.29, 0.717) is 38.1 Å². The molecular weight excluding hydrogens is 611 g/mol. The van der Waals surface area contributed by atoms with Crippen LogP contribution in [0.2, 0.25) is 0 Å². The van der Waals surface area contributed by atoms with Crippen molar-refractivity contribution in [3.8, 4) is 11.5 Å². The molecular formula is C28H32F3N3O9S. The number of esters is 1. The van der Waals surface area contributed by atoms with Crippen LogP contribution in [0.4, 0.5) is 13.2 Å². The maximum atomic E-state index is 14.9. The molecule has 1 aliphatic rings. The molecule has 1 saturated heterocycles. The molecule has 0 bridgehead atoms. The lowest BCUT2D eigenvalue weighted by Crippen LogP contribution is -2.52. The van der Waals surface area contributed by atoms with Crippen molar-refractivity contribution in [2.24, 2.45) is 0 Å². The molecule has 3 atom stereocenters. The van der Waals surface area contributed by atoms with Crippen LogP contribution in [0.1, 0.15) is 59.3 Å². The van der Waals surface area contributed by atoms with E-state index in [4.69, 9.17) is 4.74 Å². The van der Waals surface area contributed by atoms with E-state index >= 15 is 0 Å². The lowest BCUT2D eigenvalue weighted by atomic mass is 10.0. The summed E-state index contributed by atoms with van der Waals surface area (Å²) >= 11 is 0.304. The lowest BCUT2D eigenvalue weighted by molar-refractivity contribution is -0.880. The van der Waals surface area contributed by atoms with Gasteiger partial charge < -0.3 is 30.4 Å². The number of unbranched alkanes of at least 4 members (excludes halogenated alkanes) is 2. The van der Waals surface area contributed by atoms with Crippen molar-refractivity contribution >= 4 is 35.6 Å². The molecule has 0 radical (unpaired) electrons. The minimum absolute atomic E-state index is 0.0308. The average molecular weight is 644 g/mol. The first kappa shape index (κ1) is 34.6. The number of nitrogens with zero attached hydrogens (tertiary/aromatic N) is 1. The molecule has 2 aromatic rings. The Labute approximate surface area is 254 Å². The Morgan fingerprint density at radius 3 is 2.55 bits per heavy atom. The van der Waals surface area contributed by atoms with E-state index in [9.17, 15) is 47.9 Å². The van der Waals surface area contributed by atoms with Crippen molar-refractivity contribution < 1.29 is 56.4 Å². The Morgan fingerprint density at radius 1 is 1.20 bits per heavy atom. The van der Waals surface area contributed by atoms with E-state index in [1.165, 1.54) is 37.4 Å². The van der Waals surface area contributed by atoms with Gasteiger partial charge in [-0.05, 0) is 43.0 Å². The first-order chi connectivity index (χ1) is 20.6. The largest absolute Gasteiger partial charge is 0.579 e. The van der Waals surface area contributed by atoms with E-state index < -0.39 is 57.4 Å². The van der Waals surface area contributed by atoms with Gasteiger partial charge in [0.2, 0.25) is 5.91 Å². The maximum absolute atomic E-state index is 14.9. The number of carbonyl (C=O) groups excluding carboxylic acids is 4. The highest BCUT2D eigenvalue weighted by Crippen LogP contribution is 2.46. The molecule has 0 aromatic heterocycles. The highest BCUT2D eigenvalue weighted by molar-refractivity contribution is 7.94. The molecule has 0 saturated carbocycles. The predicted octanol–water partition coefficient (Wildman–Crippen LogP) is 3.69. The second kappa shape index (κ2) is 14.7. The quantitative estimate of drug-likeness (QED) is 0.0594. The number of phenols is 1. The fourth-order valence-electron chi connectivity index (χ4n) is 4.27. The van der Waals surface area contributed by atoms with Crippen LogP contribution in [0, 0.1) is 11.0 Å². The van der Waals surface area contributed by atoms with Gasteiger partial charge in [0.25, 0.3) is 5.91 Å². The molecule has 44 heavy (non-hydrogen) atoms. The highest BCUT2D eigenvalue weighted by Gasteiger charge is 2.45. The fourth-order valence-corrected chi connectivity index (χ4v) is 5.32. The SMILES string of the molecule is COC(=O)c1c(O)cccc1OCCCCCNC(=O)[C@H](Cc1ccc(C2CC(=O)[N+]([O-])(O)S2)c(F)c1)NC(=O)C(C)(F)F. The number of hydrogen-bond acceptors (Lipinski definition) is 10. The molecule has 0 aliphatic carbocycles. The van der Waals surface area contributed by atoms with Crippen LogP contribution in [0.25, 0.3) is 0 Å². The van der Waals surface area contributed by atoms with Crippen LogP contribution in [-0.4, -0.2) is 70.4 Å². The Kier molecular flexibility index (Phi) is 11.6. The molecule has 240 valence electrons. The molecule has 2 unspecified atom stereocenters. The number of amides is 3. The van der Waals surface area contributed by atoms with Crippen molar-refractivity contribution in [3.05, 3.63) is 64.1 Å². The third-order valence-corrected chi connectivity index (χ3v) is 7.75. The summed E-state index contributed by atoms with van der Waals surface area (Å²) in [7, 11) is 1.17. The summed E-state index contributed by atoms with van der Waals surface area (Å²) in [6.07, 6.45) is 0.735. The zero-order valence-corrected chi connectivity index (χ0v) is 24.6. The Hall–Kier alpha value is -3.86. The van der Waals surface area contributed by atoms with Crippen molar-refractivity contribution in [1.29, 1.82) is 0 Å². The van der Waals surface area contributed by atoms with Gasteiger partial charge in [0, 0.05) is 25.5 Å². The maximum Gasteiger partial charge on any atom is 0.359 e. The average Bonchev–Trinajstić information content (AvgIpc) is 3.22. The molecule has 1 heterocycles. The van der Waals surface area contributed by atoms with E-state index in [1.54, 1.807) is 0 Å². The molecule has 3 rings (SSSR count). The number of aromatic hydroxyl groups is 1. The predicted molar refractivity (Wildman–Crippen MR) is 150 cm³/mol. The van der Waals surface area contributed by atoms with Crippen LogP contribution in [0.5, 0.6) is 11.5 Å². The third kappa shape index (κ3) is 9.07. The second-order valence-electron chi connectivity index (χ2n) is 10.0. The number of methoxy groups -OCH3 is 1. The first-order valence-corrected chi connectivity index (χ1v) is 14.3. The smallest absolute Gasteiger partial charge is 0.359 e. The van der Waals surface area contributed by atoms with Crippen molar-refractivity contribution in [1.82, 2.24) is 10.6 Å². The normalized spacial score (nSPS) is 18.9. The summed E-state index contributed by atoms with van der Waals surface area (Å²) in [6.45, 7) is 0.659. The van der Waals surface area contributed by atoms with Gasteiger partial charge >= 0.3 is 17.8 Å². The van der Waals surface area contributed by atoms with E-state index in [2.05, 4.69) is 10.1 Å². The van der Waals surface area contributed by atoms with Gasteiger partial charge in [-0.1, -0.05) is 22.4 Å². The summed E-state index contributed by atoms with van der Waals surface area (Å²) in [5, 5.41) is 34.7. The molecule has 16 heteroatoms. The number of carbonyl (C=O) groups is 4. The number of ether oxygens (including phenoxy) is 2. The van der Waals surface area contributed by atoms with Gasteiger partial charge in [-0.2, -0.15) is 14.0 Å². The molecule has 0 spiro atoms. The van der Waals surface area contributed by atoms with Crippen LogP contribution in [0.3, 0.4) is 0 Å². The minimum atomic E-state index is -3.78. The standard InChI is InChI=1S/C28H32F3N3O9S/c1-28(30,31)27(39)33-19(14-16-9-10-17(18(29)13-16)22-15-23(36)34(40,41)44-22)25(37)32-11-4-3-5-12-43-21-8-6-7-20(35)24(21)26(38)42-2/h6-10,13,19,22,35,40H,3-5,11-12,14-15H2,1-2H3,(H,32,37)(H,33,39)/t19-,22?/m0/s1. The number of rotatable bonds is 14. The monoisotopic (exact) mass is 643 g/mol. The Morgan fingerprint density at radius 2 is 1.93 bits per heavy atom. The summed E-state index contributed by atoms with van der Waals surface area (Å²) in [4.78, 5) is 48.3. The van der Waals surface area contributed by atoms with Gasteiger partial charge in [-0.15, -0.1) is 0 Å². The second-order valence-corrected chi connectivity index (χ2v) is 11.3. The van der Waals surface area contributed by atoms with Crippen molar-refractivity contribution in [2.75, 3.05) is 20.3 Å². The highest BCUT2D eigenvalue weighted by atomic mass is 32.2. The lowest BCUT2D eigenvalue weighted by Gasteiger charge is -2.22. The topological polar surface area (TPSA) is 174 Å². The Bertz CT molecular complexity index is 1390. The number of quaternary nitrogens is 1. The summed E-state index contributed by atoms with van der Waals surface area (Å²) in [6, 6.07) is 6.48. The summed E-state index contributed by atoms with van der Waals surface area (Å²) in [5.41, 5.74) is 0.0309. The van der Waals surface area contributed by atoms with Crippen LogP contribution in [-0.2, 0) is 25.5 Å². The Balaban J connectivity index is 1.55. The number of hydrogen-bond donors (Lipinski definition) is 4. The number of phenolic OH excluding ortho intramolecular Hbond substituents is 1. The van der Waals surface area contributed by atoms with E-state index in [0.717, 1.165) is 6.07 Å². The molecule has 1 fully saturated rings. The van der Waals surface area contributed by atoms with E-state index in [-0.39, 0.29) is 47.8 Å². The third-order valence-electron chi connectivity index (χ3n) is 6.59. The summed E-state index contributed by atoms with van der Waals surface area (Å²) in [5.74, 6) is -9.05. The molecule has 4 N–H and O–H groups in total. The van der Waals surface area contributed by atoms with Gasteiger partial charge in [0.05, 0.1) is 20.1 Å². The van der Waals surface area contributed by atoms with Gasteiger partial charge in [-0.25, -0.2) is 14.0 Å². The van der Waals surface area contributed by atoms with Gasteiger partial charge in [0.15, 0.2) is 0 Å². The van der Waals surface area contributed by atoms with E-state index in [1.807, 2.05) is 5.32 Å². The van der Waals surface area contributed by atoms with Crippen LogP contribution in [0.15, 0.2) is 36.4 Å². The van der Waals surface area contributed by atoms with Gasteiger partial charge in [-0.3, -0.25) is 9.59 Å². The molecule has 3 amide bonds. The molecule has 1 aliphatic heterocycles. The fraction of sp³-hybridized carbons (Fsp3) is 0.429.